The monoisotopic (exact) mass is 982 g/mol. The van der Waals surface area contributed by atoms with E-state index in [0.717, 1.165) is 55.9 Å². The molecular formula is C46H85N3O15P2. The summed E-state index contributed by atoms with van der Waals surface area (Å²) in [4.78, 5) is 61.8. The van der Waals surface area contributed by atoms with Gasteiger partial charge >= 0.3 is 33.3 Å². The lowest BCUT2D eigenvalue weighted by Gasteiger charge is -2.21. The Morgan fingerprint density at radius 2 is 1.09 bits per heavy atom. The molecule has 1 aromatic rings. The Morgan fingerprint density at radius 1 is 0.667 bits per heavy atom. The van der Waals surface area contributed by atoms with Crippen LogP contribution in [0.4, 0.5) is 5.82 Å². The number of carbonyl (C=O) groups is 2. The standard InChI is InChI=1S/C46H85N3O15P2/c1-3-5-7-9-11-13-15-17-18-20-22-24-26-28-30-32-42(51)62-38(35-59-41(50)31-29-27-25-23-21-19-16-14-12-10-8-6-4-2)36-60-65(55,56)64-66(57,58)61-37-39-43(52)44(53)45(63-39)49-34-33-40(47)48-46(49)54/h33-34,38-39,43-45,52-53H,3-32,35-37H2,1-2H3,(H,55,56)(H,57,58)(H2,47,48,54)/t38-,39-,43+,44?,45-/m1/s1. The second-order valence-electron chi connectivity index (χ2n) is 17.7. The number of anilines is 1. The van der Waals surface area contributed by atoms with Gasteiger partial charge in [-0.1, -0.05) is 181 Å². The van der Waals surface area contributed by atoms with Gasteiger partial charge in [-0.2, -0.15) is 9.29 Å². The van der Waals surface area contributed by atoms with E-state index in [1.54, 1.807) is 0 Å². The van der Waals surface area contributed by atoms with Crippen molar-refractivity contribution in [2.45, 2.75) is 237 Å². The van der Waals surface area contributed by atoms with Crippen molar-refractivity contribution in [3.63, 3.8) is 0 Å². The summed E-state index contributed by atoms with van der Waals surface area (Å²) in [6, 6.07) is 1.25. The lowest BCUT2D eigenvalue weighted by Crippen LogP contribution is -2.36. The number of aliphatic hydroxyl groups is 2. The third-order valence-corrected chi connectivity index (χ3v) is 14.3. The minimum atomic E-state index is -5.41. The number of hydrogen-bond acceptors (Lipinski definition) is 15. The lowest BCUT2D eigenvalue weighted by atomic mass is 10.0. The predicted molar refractivity (Wildman–Crippen MR) is 252 cm³/mol. The number of esters is 2. The minimum absolute atomic E-state index is 0.0583. The molecule has 18 nitrogen and oxygen atoms in total. The zero-order valence-corrected chi connectivity index (χ0v) is 41.8. The van der Waals surface area contributed by atoms with Gasteiger partial charge < -0.3 is 39.9 Å². The Morgan fingerprint density at radius 3 is 1.55 bits per heavy atom. The fourth-order valence-electron chi connectivity index (χ4n) is 7.79. The summed E-state index contributed by atoms with van der Waals surface area (Å²) in [5, 5.41) is 20.9. The molecule has 0 radical (unpaired) electrons. The van der Waals surface area contributed by atoms with Gasteiger partial charge in [0.25, 0.3) is 0 Å². The number of ether oxygens (including phenoxy) is 3. The van der Waals surface area contributed by atoms with Crippen LogP contribution < -0.4 is 11.4 Å². The van der Waals surface area contributed by atoms with Crippen LogP contribution in [0.15, 0.2) is 17.1 Å². The molecule has 0 saturated carbocycles. The maximum atomic E-state index is 12.8. The summed E-state index contributed by atoms with van der Waals surface area (Å²) >= 11 is 0. The number of hydrogen-bond donors (Lipinski definition) is 5. The molecule has 1 fully saturated rings. The van der Waals surface area contributed by atoms with Crippen LogP contribution in [0, 0.1) is 0 Å². The second kappa shape index (κ2) is 35.8. The molecule has 0 aromatic carbocycles. The zero-order chi connectivity index (χ0) is 48.5. The Kier molecular flexibility index (Phi) is 32.5. The van der Waals surface area contributed by atoms with Crippen LogP contribution >= 0.6 is 15.6 Å². The average molecular weight is 982 g/mol. The molecule has 20 heteroatoms. The van der Waals surface area contributed by atoms with E-state index in [4.69, 9.17) is 29.0 Å². The third-order valence-electron chi connectivity index (χ3n) is 11.7. The molecule has 1 saturated heterocycles. The molecule has 1 aliphatic rings. The molecule has 0 bridgehead atoms. The van der Waals surface area contributed by atoms with Crippen LogP contribution in [0.5, 0.6) is 0 Å². The number of nitrogens with two attached hydrogens (primary N) is 1. The molecular weight excluding hydrogens is 896 g/mol. The van der Waals surface area contributed by atoms with E-state index in [0.29, 0.717) is 12.8 Å². The summed E-state index contributed by atoms with van der Waals surface area (Å²) in [7, 11) is -10.8. The number of aliphatic hydroxyl groups excluding tert-OH is 2. The number of aromatic nitrogens is 2. The van der Waals surface area contributed by atoms with Crippen molar-refractivity contribution >= 4 is 33.4 Å². The van der Waals surface area contributed by atoms with E-state index in [1.165, 1.54) is 128 Å². The quantitative estimate of drug-likeness (QED) is 0.0232. The number of phosphoric acid groups is 2. The van der Waals surface area contributed by atoms with E-state index < -0.39 is 83.7 Å². The highest BCUT2D eigenvalue weighted by molar-refractivity contribution is 7.61. The zero-order valence-electron chi connectivity index (χ0n) is 40.0. The summed E-state index contributed by atoms with van der Waals surface area (Å²) in [6.45, 7) is 2.18. The number of nitrogen functional groups attached to an aromatic ring is 1. The van der Waals surface area contributed by atoms with E-state index in [2.05, 4.69) is 23.1 Å². The Bertz CT molecular complexity index is 1600. The largest absolute Gasteiger partial charge is 0.481 e. The first-order chi connectivity index (χ1) is 31.7. The topological polar surface area (TPSA) is 265 Å². The van der Waals surface area contributed by atoms with Crippen LogP contribution in [0.3, 0.4) is 0 Å². The van der Waals surface area contributed by atoms with Crippen LogP contribution in [0.25, 0.3) is 0 Å². The summed E-state index contributed by atoms with van der Waals surface area (Å²) < 4.78 is 56.7. The van der Waals surface area contributed by atoms with Crippen molar-refractivity contribution < 1.29 is 66.3 Å². The van der Waals surface area contributed by atoms with E-state index in [-0.39, 0.29) is 18.7 Å². The maximum absolute atomic E-state index is 12.8. The molecule has 384 valence electrons. The fraction of sp³-hybridized carbons (Fsp3) is 0.870. The predicted octanol–water partition coefficient (Wildman–Crippen LogP) is 9.89. The summed E-state index contributed by atoms with van der Waals surface area (Å²) in [6.07, 6.45) is 26.1. The Balaban J connectivity index is 1.80. The Labute approximate surface area is 393 Å². The normalized spacial score (nSPS) is 19.6. The van der Waals surface area contributed by atoms with Gasteiger partial charge in [-0.3, -0.25) is 23.2 Å². The van der Waals surface area contributed by atoms with Gasteiger partial charge in [0.15, 0.2) is 12.3 Å². The van der Waals surface area contributed by atoms with Crippen molar-refractivity contribution in [3.05, 3.63) is 22.7 Å². The molecule has 6 N–H and O–H groups in total. The number of nitrogens with zero attached hydrogens (tertiary/aromatic N) is 2. The van der Waals surface area contributed by atoms with Gasteiger partial charge in [0, 0.05) is 19.0 Å². The van der Waals surface area contributed by atoms with Crippen molar-refractivity contribution in [3.8, 4) is 0 Å². The molecule has 0 spiro atoms. The highest BCUT2D eigenvalue weighted by atomic mass is 31.3. The molecule has 7 atom stereocenters. The van der Waals surface area contributed by atoms with Gasteiger partial charge in [0.05, 0.1) is 13.2 Å². The highest BCUT2D eigenvalue weighted by Crippen LogP contribution is 2.60. The van der Waals surface area contributed by atoms with E-state index >= 15 is 0 Å². The van der Waals surface area contributed by atoms with Crippen LogP contribution in [-0.4, -0.2) is 85.7 Å². The van der Waals surface area contributed by atoms with Gasteiger partial charge in [-0.05, 0) is 18.9 Å². The van der Waals surface area contributed by atoms with Crippen LogP contribution in [0.2, 0.25) is 0 Å². The van der Waals surface area contributed by atoms with Crippen molar-refractivity contribution in [1.29, 1.82) is 0 Å². The average Bonchev–Trinajstić information content (AvgIpc) is 3.55. The van der Waals surface area contributed by atoms with Gasteiger partial charge in [0.1, 0.15) is 30.7 Å². The van der Waals surface area contributed by atoms with Crippen molar-refractivity contribution in [2.75, 3.05) is 25.6 Å². The van der Waals surface area contributed by atoms with Crippen molar-refractivity contribution in [2.24, 2.45) is 0 Å². The fourth-order valence-corrected chi connectivity index (χ4v) is 9.90. The lowest BCUT2D eigenvalue weighted by molar-refractivity contribution is -0.161. The Hall–Kier alpha value is -2.24. The molecule has 3 unspecified atom stereocenters. The molecule has 1 aliphatic heterocycles. The maximum Gasteiger partial charge on any atom is 0.481 e. The van der Waals surface area contributed by atoms with Gasteiger partial charge in [-0.15, -0.1) is 0 Å². The first-order valence-electron chi connectivity index (χ1n) is 25.0. The van der Waals surface area contributed by atoms with E-state index in [1.807, 2.05) is 0 Å². The van der Waals surface area contributed by atoms with Crippen LogP contribution in [0.1, 0.15) is 213 Å². The molecule has 0 aliphatic carbocycles. The number of phosphoric ester groups is 2. The van der Waals surface area contributed by atoms with Crippen molar-refractivity contribution in [1.82, 2.24) is 9.55 Å². The summed E-state index contributed by atoms with van der Waals surface area (Å²) in [5.41, 5.74) is 4.59. The van der Waals surface area contributed by atoms with E-state index in [9.17, 15) is 43.5 Å². The number of rotatable bonds is 42. The minimum Gasteiger partial charge on any atom is -0.462 e. The summed E-state index contributed by atoms with van der Waals surface area (Å²) in [5.74, 6) is -1.28. The van der Waals surface area contributed by atoms with Gasteiger partial charge in [-0.25, -0.2) is 13.9 Å². The first kappa shape index (κ1) is 59.9. The second-order valence-corrected chi connectivity index (χ2v) is 20.7. The molecule has 66 heavy (non-hydrogen) atoms. The molecule has 2 rings (SSSR count). The molecule has 0 amide bonds. The number of unbranched alkanes of at least 4 members (excludes halogenated alkanes) is 26. The van der Waals surface area contributed by atoms with Gasteiger partial charge in [0.2, 0.25) is 0 Å². The smallest absolute Gasteiger partial charge is 0.462 e. The third kappa shape index (κ3) is 28.3. The van der Waals surface area contributed by atoms with Crippen LogP contribution in [-0.2, 0) is 46.3 Å². The molecule has 1 aromatic heterocycles. The molecule has 2 heterocycles. The SMILES string of the molecule is CCCCCCCCCCCCCCCCCC(=O)O[C@H](COC(=O)CCCCCCCCCCCCCCC)COP(=O)(O)OP(=O)(O)OC[C@H]1O[C@@H](n2ccc(N)nc2=O)C(O)[C@H]1O. The highest BCUT2D eigenvalue weighted by Gasteiger charge is 2.46. The number of carbonyl (C=O) groups excluding carboxylic acids is 2. The first-order valence-corrected chi connectivity index (χ1v) is 28.0.